The van der Waals surface area contributed by atoms with Crippen molar-refractivity contribution in [2.45, 2.75) is 43.7 Å². The van der Waals surface area contributed by atoms with Crippen molar-refractivity contribution in [2.75, 3.05) is 0 Å². The molecule has 1 rings (SSSR count). The van der Waals surface area contributed by atoms with E-state index in [0.29, 0.717) is 0 Å². The molecule has 16 heavy (non-hydrogen) atoms. The second kappa shape index (κ2) is 5.22. The molecular formula is C9H14FNO5. The van der Waals surface area contributed by atoms with Crippen molar-refractivity contribution >= 4 is 11.9 Å². The summed E-state index contributed by atoms with van der Waals surface area (Å²) in [6.07, 6.45) is -2.69. The Labute approximate surface area is 91.2 Å². The lowest BCUT2D eigenvalue weighted by Gasteiger charge is -2.32. The molecule has 2 atom stereocenters. The van der Waals surface area contributed by atoms with Gasteiger partial charge in [0.15, 0.2) is 6.10 Å². The summed E-state index contributed by atoms with van der Waals surface area (Å²) in [5, 5.41) is 17.3. The number of carbonyl (C=O) groups is 2. The molecule has 6 nitrogen and oxygen atoms in total. The summed E-state index contributed by atoms with van der Waals surface area (Å²) < 4.78 is 17.5. The molecule has 0 bridgehead atoms. The maximum absolute atomic E-state index is 12.5. The fourth-order valence-electron chi connectivity index (χ4n) is 1.39. The lowest BCUT2D eigenvalue weighted by Crippen LogP contribution is -2.43. The summed E-state index contributed by atoms with van der Waals surface area (Å²) in [7, 11) is 0. The summed E-state index contributed by atoms with van der Waals surface area (Å²) >= 11 is 0. The highest BCUT2D eigenvalue weighted by atomic mass is 18.2. The van der Waals surface area contributed by atoms with Crippen molar-refractivity contribution in [3.63, 3.8) is 0 Å². The van der Waals surface area contributed by atoms with E-state index in [1.165, 1.54) is 0 Å². The van der Waals surface area contributed by atoms with Gasteiger partial charge in [-0.05, 0) is 0 Å². The van der Waals surface area contributed by atoms with Gasteiger partial charge in [-0.1, -0.05) is 0 Å². The van der Waals surface area contributed by atoms with Crippen LogP contribution in [0.4, 0.5) is 4.39 Å². The van der Waals surface area contributed by atoms with Crippen LogP contribution in [0.1, 0.15) is 19.3 Å². The molecule has 0 unspecified atom stereocenters. The van der Waals surface area contributed by atoms with Crippen LogP contribution in [0.25, 0.3) is 0 Å². The first-order valence-electron chi connectivity index (χ1n) is 4.91. The van der Waals surface area contributed by atoms with Crippen LogP contribution in [-0.4, -0.2) is 46.6 Å². The molecule has 1 saturated carbocycles. The average Bonchev–Trinajstić information content (AvgIpc) is 2.13. The molecule has 0 amide bonds. The molecule has 0 saturated heterocycles. The second-order valence-corrected chi connectivity index (χ2v) is 3.83. The summed E-state index contributed by atoms with van der Waals surface area (Å²) in [5.41, 5.74) is 5.20. The van der Waals surface area contributed by atoms with E-state index in [4.69, 9.17) is 20.7 Å². The monoisotopic (exact) mass is 234 g/mol. The number of carboxylic acid groups (broad SMARTS) is 2. The van der Waals surface area contributed by atoms with Crippen molar-refractivity contribution in [1.29, 1.82) is 0 Å². The lowest BCUT2D eigenvalue weighted by atomic mass is 9.93. The van der Waals surface area contributed by atoms with Crippen LogP contribution in [-0.2, 0) is 14.3 Å². The number of nitrogens with two attached hydrogens (primary N) is 1. The Morgan fingerprint density at radius 3 is 2.31 bits per heavy atom. The third-order valence-electron chi connectivity index (χ3n) is 2.45. The van der Waals surface area contributed by atoms with E-state index in [-0.39, 0.29) is 19.3 Å². The van der Waals surface area contributed by atoms with Crippen LogP contribution < -0.4 is 5.73 Å². The number of rotatable bonds is 6. The fourth-order valence-corrected chi connectivity index (χ4v) is 1.39. The summed E-state index contributed by atoms with van der Waals surface area (Å²) in [4.78, 5) is 21.2. The predicted molar refractivity (Wildman–Crippen MR) is 50.7 cm³/mol. The number of halogens is 1. The van der Waals surface area contributed by atoms with Crippen molar-refractivity contribution in [1.82, 2.24) is 0 Å². The topological polar surface area (TPSA) is 110 Å². The molecule has 0 radical (unpaired) electrons. The molecule has 1 aliphatic carbocycles. The molecule has 0 aromatic rings. The van der Waals surface area contributed by atoms with Crippen molar-refractivity contribution in [3.05, 3.63) is 0 Å². The fraction of sp³-hybridized carbons (Fsp3) is 0.778. The minimum Gasteiger partial charge on any atom is -0.480 e. The van der Waals surface area contributed by atoms with Gasteiger partial charge < -0.3 is 20.7 Å². The maximum atomic E-state index is 12.5. The van der Waals surface area contributed by atoms with E-state index in [9.17, 15) is 14.0 Å². The van der Waals surface area contributed by atoms with E-state index in [2.05, 4.69) is 0 Å². The van der Waals surface area contributed by atoms with Gasteiger partial charge in [-0.3, -0.25) is 4.79 Å². The average molecular weight is 234 g/mol. The van der Waals surface area contributed by atoms with Crippen molar-refractivity contribution < 1.29 is 28.9 Å². The zero-order valence-electron chi connectivity index (χ0n) is 8.51. The van der Waals surface area contributed by atoms with Crippen LogP contribution in [0.2, 0.25) is 0 Å². The van der Waals surface area contributed by atoms with Crippen LogP contribution >= 0.6 is 0 Å². The highest BCUT2D eigenvalue weighted by Gasteiger charge is 2.35. The van der Waals surface area contributed by atoms with Gasteiger partial charge in [-0.25, -0.2) is 9.18 Å². The van der Waals surface area contributed by atoms with E-state index in [1.807, 2.05) is 0 Å². The van der Waals surface area contributed by atoms with Crippen LogP contribution in [0.3, 0.4) is 0 Å². The molecule has 0 aromatic carbocycles. The quantitative estimate of drug-likeness (QED) is 0.585. The molecule has 1 aliphatic rings. The largest absolute Gasteiger partial charge is 0.480 e. The number of hydrogen-bond donors (Lipinski definition) is 3. The van der Waals surface area contributed by atoms with Crippen LogP contribution in [0.15, 0.2) is 0 Å². The van der Waals surface area contributed by atoms with Gasteiger partial charge in [-0.15, -0.1) is 0 Å². The van der Waals surface area contributed by atoms with Gasteiger partial charge in [0.2, 0.25) is 0 Å². The third kappa shape index (κ3) is 3.42. The Morgan fingerprint density at radius 2 is 1.94 bits per heavy atom. The molecule has 92 valence electrons. The van der Waals surface area contributed by atoms with Gasteiger partial charge in [0, 0.05) is 19.3 Å². The predicted octanol–water partition coefficient (Wildman–Crippen LogP) is -0.241. The van der Waals surface area contributed by atoms with Gasteiger partial charge >= 0.3 is 11.9 Å². The number of aliphatic carboxylic acids is 2. The molecule has 1 fully saturated rings. The summed E-state index contributed by atoms with van der Waals surface area (Å²) in [6.45, 7) is 0. The maximum Gasteiger partial charge on any atom is 0.332 e. The minimum atomic E-state index is -1.29. The number of hydrogen-bond acceptors (Lipinski definition) is 4. The minimum absolute atomic E-state index is 0.159. The summed E-state index contributed by atoms with van der Waals surface area (Å²) in [5.74, 6) is -2.56. The highest BCUT2D eigenvalue weighted by molar-refractivity contribution is 5.76. The first-order valence-corrected chi connectivity index (χ1v) is 4.91. The van der Waals surface area contributed by atoms with Crippen LogP contribution in [0.5, 0.6) is 0 Å². The SMILES string of the molecule is N[C@@H](C[C@H](OC1CC([18F])C1)C(=O)O)C(=O)O. The standard InChI is InChI=1S/C9H14FNO5/c10-4-1-5(2-4)16-7(9(14)15)3-6(11)8(12)13/h4-7H,1-3,11H2,(H,12,13)(H,14,15)/t4?,5?,6-,7-/m0/s1/i10-1. The van der Waals surface area contributed by atoms with Gasteiger partial charge in [0.25, 0.3) is 0 Å². The summed E-state index contributed by atoms with van der Waals surface area (Å²) in [6, 6.07) is -1.29. The lowest BCUT2D eigenvalue weighted by molar-refractivity contribution is -0.163. The van der Waals surface area contributed by atoms with E-state index in [0.717, 1.165) is 0 Å². The van der Waals surface area contributed by atoms with Crippen LogP contribution in [0, 0.1) is 0 Å². The second-order valence-electron chi connectivity index (χ2n) is 3.83. The number of alkyl halides is 1. The van der Waals surface area contributed by atoms with Crippen molar-refractivity contribution in [3.8, 4) is 0 Å². The zero-order valence-corrected chi connectivity index (χ0v) is 8.51. The van der Waals surface area contributed by atoms with E-state index >= 15 is 0 Å². The Morgan fingerprint density at radius 1 is 1.38 bits per heavy atom. The first kappa shape index (κ1) is 12.9. The number of ether oxygens (including phenoxy) is 1. The molecule has 0 heterocycles. The smallest absolute Gasteiger partial charge is 0.332 e. The molecular weight excluding hydrogens is 220 g/mol. The Bertz CT molecular complexity index is 279. The molecule has 0 spiro atoms. The van der Waals surface area contributed by atoms with Crippen molar-refractivity contribution in [2.24, 2.45) is 5.73 Å². The molecule has 4 N–H and O–H groups in total. The molecule has 0 aliphatic heterocycles. The normalized spacial score (nSPS) is 27.9. The first-order chi connectivity index (χ1) is 7.40. The van der Waals surface area contributed by atoms with E-state index < -0.39 is 36.4 Å². The Kier molecular flexibility index (Phi) is 4.19. The zero-order chi connectivity index (χ0) is 12.3. The highest BCUT2D eigenvalue weighted by Crippen LogP contribution is 2.27. The van der Waals surface area contributed by atoms with Gasteiger partial charge in [-0.2, -0.15) is 0 Å². The van der Waals surface area contributed by atoms with Gasteiger partial charge in [0.1, 0.15) is 12.2 Å². The third-order valence-corrected chi connectivity index (χ3v) is 2.45. The molecule has 7 heteroatoms. The Balaban J connectivity index is 2.42. The number of carboxylic acids is 2. The molecule has 0 aromatic heterocycles. The van der Waals surface area contributed by atoms with E-state index in [1.54, 1.807) is 0 Å². The Hall–Kier alpha value is -1.21. The van der Waals surface area contributed by atoms with Gasteiger partial charge in [0.05, 0.1) is 6.10 Å².